The lowest BCUT2D eigenvalue weighted by Crippen LogP contribution is -2.37. The van der Waals surface area contributed by atoms with Gasteiger partial charge in [-0.25, -0.2) is 4.57 Å². The van der Waals surface area contributed by atoms with Crippen molar-refractivity contribution in [2.75, 3.05) is 47.5 Å². The predicted molar refractivity (Wildman–Crippen MR) is 418 cm³/mol. The summed E-state index contributed by atoms with van der Waals surface area (Å²) >= 11 is 0. The summed E-state index contributed by atoms with van der Waals surface area (Å²) in [5, 5.41) is 0. The molecule has 0 aliphatic heterocycles. The lowest BCUT2D eigenvalue weighted by molar-refractivity contribution is -0.870. The Balaban J connectivity index is 3.84. The molecule has 0 heterocycles. The lowest BCUT2D eigenvalue weighted by atomic mass is 10.0. The van der Waals surface area contributed by atoms with Gasteiger partial charge in [0.2, 0.25) is 0 Å². The van der Waals surface area contributed by atoms with Crippen molar-refractivity contribution in [1.82, 2.24) is 0 Å². The molecule has 0 aromatic heterocycles. The summed E-state index contributed by atoms with van der Waals surface area (Å²) in [5.74, 6) is -0.765. The lowest BCUT2D eigenvalue weighted by Gasteiger charge is -2.24. The fourth-order valence-corrected chi connectivity index (χ4v) is 14.4. The Labute approximate surface area is 600 Å². The zero-order valence-electron chi connectivity index (χ0n) is 65.7. The molecule has 2 unspecified atom stereocenters. The van der Waals surface area contributed by atoms with Gasteiger partial charge in [0.05, 0.1) is 27.7 Å². The van der Waals surface area contributed by atoms with Gasteiger partial charge < -0.3 is 18.9 Å². The zero-order chi connectivity index (χ0) is 69.7. The number of carbonyl (C=O) groups is 2. The number of esters is 2. The van der Waals surface area contributed by atoms with E-state index >= 15 is 0 Å². The third-order valence-corrected chi connectivity index (χ3v) is 21.3. The normalized spacial score (nSPS) is 12.9. The van der Waals surface area contributed by atoms with E-state index in [1.54, 1.807) is 0 Å². The summed E-state index contributed by atoms with van der Waals surface area (Å²) in [5.41, 5.74) is 0. The smallest absolute Gasteiger partial charge is 0.462 e. The number of unbranched alkanes of at least 4 members (excludes halogenated alkanes) is 67. The molecule has 0 aliphatic carbocycles. The number of allylic oxidation sites excluding steroid dienone is 2. The SMILES string of the molecule is CCCCCCCCCC/C=C\CCCCCCCCCCCCCCCCCCCCCCCC(=O)OC(COC(=O)CCCCCCCCCCCCCCCCCCCCCCCCCCCCCCCCCCCCCCCCC)COP(=O)(O)OCC[N+](C)(C)C. The highest BCUT2D eigenvalue weighted by atomic mass is 31.2. The maximum atomic E-state index is 12.9. The van der Waals surface area contributed by atoms with E-state index in [1.165, 1.54) is 411 Å². The summed E-state index contributed by atoms with van der Waals surface area (Å²) in [4.78, 5) is 36.0. The number of rotatable bonds is 83. The van der Waals surface area contributed by atoms with Gasteiger partial charge in [-0.1, -0.05) is 437 Å². The molecule has 10 heteroatoms. The first-order valence-corrected chi connectivity index (χ1v) is 44.9. The van der Waals surface area contributed by atoms with Gasteiger partial charge in [-0.3, -0.25) is 18.6 Å². The second-order valence-corrected chi connectivity index (χ2v) is 32.7. The number of ether oxygens (including phenoxy) is 2. The Morgan fingerprint density at radius 3 is 0.771 bits per heavy atom. The van der Waals surface area contributed by atoms with Crippen LogP contribution < -0.4 is 0 Å². The minimum absolute atomic E-state index is 0.0370. The van der Waals surface area contributed by atoms with Crippen LogP contribution in [0.3, 0.4) is 0 Å². The summed E-state index contributed by atoms with van der Waals surface area (Å²) < 4.78 is 34.9. The maximum Gasteiger partial charge on any atom is 0.472 e. The van der Waals surface area contributed by atoms with E-state index in [1.807, 2.05) is 21.1 Å². The molecule has 0 saturated heterocycles. The number of hydrogen-bond acceptors (Lipinski definition) is 7. The fourth-order valence-electron chi connectivity index (χ4n) is 13.7. The van der Waals surface area contributed by atoms with Crippen LogP contribution in [0.15, 0.2) is 12.2 Å². The third kappa shape index (κ3) is 81.7. The zero-order valence-corrected chi connectivity index (χ0v) is 66.6. The number of hydrogen-bond donors (Lipinski definition) is 1. The molecule has 0 aromatic rings. The Bertz CT molecular complexity index is 1620. The maximum absolute atomic E-state index is 12.9. The van der Waals surface area contributed by atoms with Crippen molar-refractivity contribution >= 4 is 19.8 Å². The van der Waals surface area contributed by atoms with Crippen LogP contribution in [0, 0.1) is 0 Å². The van der Waals surface area contributed by atoms with Crippen molar-refractivity contribution in [1.29, 1.82) is 0 Å². The first-order valence-electron chi connectivity index (χ1n) is 43.4. The van der Waals surface area contributed by atoms with Crippen LogP contribution in [0.1, 0.15) is 476 Å². The van der Waals surface area contributed by atoms with Gasteiger partial charge >= 0.3 is 19.8 Å². The van der Waals surface area contributed by atoms with Crippen LogP contribution >= 0.6 is 7.82 Å². The Hall–Kier alpha value is -1.25. The molecule has 96 heavy (non-hydrogen) atoms. The van der Waals surface area contributed by atoms with E-state index in [-0.39, 0.29) is 25.6 Å². The van der Waals surface area contributed by atoms with Crippen molar-refractivity contribution in [3.05, 3.63) is 12.2 Å². The molecule has 1 N–H and O–H groups in total. The van der Waals surface area contributed by atoms with E-state index < -0.39 is 26.5 Å². The highest BCUT2D eigenvalue weighted by molar-refractivity contribution is 7.47. The number of likely N-dealkylation sites (N-methyl/N-ethyl adjacent to an activating group) is 1. The molecule has 0 fully saturated rings. The molecule has 2 atom stereocenters. The molecule has 0 aromatic carbocycles. The number of nitrogens with zero attached hydrogens (tertiary/aromatic N) is 1. The van der Waals surface area contributed by atoms with Gasteiger partial charge in [-0.15, -0.1) is 0 Å². The Kier molecular flexibility index (Phi) is 76.9. The highest BCUT2D eigenvalue weighted by Gasteiger charge is 2.27. The molecule has 572 valence electrons. The highest BCUT2D eigenvalue weighted by Crippen LogP contribution is 2.43. The van der Waals surface area contributed by atoms with Crippen molar-refractivity contribution in [2.24, 2.45) is 0 Å². The van der Waals surface area contributed by atoms with Gasteiger partial charge in [0.1, 0.15) is 19.8 Å². The first kappa shape index (κ1) is 94.8. The minimum Gasteiger partial charge on any atom is -0.462 e. The number of quaternary nitrogens is 1. The predicted octanol–water partition coefficient (Wildman–Crippen LogP) is 29.0. The number of carbonyl (C=O) groups excluding carboxylic acids is 2. The molecular formula is C86H171NO8P+. The van der Waals surface area contributed by atoms with Crippen molar-refractivity contribution in [2.45, 2.75) is 482 Å². The Morgan fingerprint density at radius 2 is 0.531 bits per heavy atom. The fraction of sp³-hybridized carbons (Fsp3) is 0.953. The van der Waals surface area contributed by atoms with Crippen molar-refractivity contribution in [3.63, 3.8) is 0 Å². The average Bonchev–Trinajstić information content (AvgIpc) is 1.48. The van der Waals surface area contributed by atoms with Gasteiger partial charge in [0.15, 0.2) is 6.10 Å². The van der Waals surface area contributed by atoms with Gasteiger partial charge in [-0.05, 0) is 38.5 Å². The third-order valence-electron chi connectivity index (χ3n) is 20.3. The van der Waals surface area contributed by atoms with E-state index in [0.717, 1.165) is 38.5 Å². The average molecular weight is 1380 g/mol. The van der Waals surface area contributed by atoms with Crippen LogP contribution in [-0.2, 0) is 32.7 Å². The second kappa shape index (κ2) is 77.9. The molecule has 0 radical (unpaired) electrons. The molecule has 9 nitrogen and oxygen atoms in total. The summed E-state index contributed by atoms with van der Waals surface area (Å²) in [6.45, 7) is 4.54. The molecule has 0 amide bonds. The molecule has 0 bridgehead atoms. The van der Waals surface area contributed by atoms with E-state index in [4.69, 9.17) is 18.5 Å². The van der Waals surface area contributed by atoms with Crippen LogP contribution in [-0.4, -0.2) is 74.9 Å². The van der Waals surface area contributed by atoms with E-state index in [9.17, 15) is 19.0 Å². The van der Waals surface area contributed by atoms with Crippen LogP contribution in [0.5, 0.6) is 0 Å². The van der Waals surface area contributed by atoms with E-state index in [2.05, 4.69) is 26.0 Å². The van der Waals surface area contributed by atoms with Crippen LogP contribution in [0.25, 0.3) is 0 Å². The molecule has 0 saturated carbocycles. The van der Waals surface area contributed by atoms with Gasteiger partial charge in [0.25, 0.3) is 0 Å². The van der Waals surface area contributed by atoms with Gasteiger partial charge in [-0.2, -0.15) is 0 Å². The monoisotopic (exact) mass is 1380 g/mol. The van der Waals surface area contributed by atoms with Crippen LogP contribution in [0.4, 0.5) is 0 Å². The van der Waals surface area contributed by atoms with Crippen molar-refractivity contribution in [3.8, 4) is 0 Å². The first-order chi connectivity index (χ1) is 47.0. The van der Waals surface area contributed by atoms with E-state index in [0.29, 0.717) is 17.4 Å². The molecular weight excluding hydrogens is 1210 g/mol. The molecule has 0 rings (SSSR count). The molecule has 0 spiro atoms. The summed E-state index contributed by atoms with van der Waals surface area (Å²) in [6.07, 6.45) is 99.8. The Morgan fingerprint density at radius 1 is 0.312 bits per heavy atom. The van der Waals surface area contributed by atoms with Crippen molar-refractivity contribution < 1.29 is 42.1 Å². The summed E-state index contributed by atoms with van der Waals surface area (Å²) in [7, 11) is 1.51. The number of phosphoric ester groups is 1. The summed E-state index contributed by atoms with van der Waals surface area (Å²) in [6, 6.07) is 0. The standard InChI is InChI=1S/C86H170NO8P/c1-6-8-10-12-14-16-18-20-22-24-26-28-30-32-34-36-38-40-41-42-43-44-45-47-48-50-52-54-56-58-60-62-64-66-68-70-72-74-76-78-85(88)92-82-84(83-94-96(90,91)93-81-80-87(3,4)5)95-86(89)79-77-75-73-71-69-67-65-63-61-59-57-55-53-51-49-46-39-37-35-33-31-29-27-25-23-21-19-17-15-13-11-9-7-2/h25,27,84H,6-24,26,28-83H2,1-5H3/p+1/b27-25-. The second-order valence-electron chi connectivity index (χ2n) is 31.3. The number of phosphoric acid groups is 1. The quantitative estimate of drug-likeness (QED) is 0.0211. The largest absolute Gasteiger partial charge is 0.472 e. The molecule has 0 aliphatic rings. The van der Waals surface area contributed by atoms with Crippen LogP contribution in [0.2, 0.25) is 0 Å². The topological polar surface area (TPSA) is 108 Å². The van der Waals surface area contributed by atoms with Gasteiger partial charge in [0, 0.05) is 12.8 Å². The minimum atomic E-state index is -4.39.